The van der Waals surface area contributed by atoms with Crippen LogP contribution in [0.3, 0.4) is 0 Å². The molecular formula is C26H49O3P. The maximum Gasteiger partial charge on any atom is 0.327 e. The second-order valence-corrected chi connectivity index (χ2v) is 13.9. The Morgan fingerprint density at radius 1 is 0.867 bits per heavy atom. The van der Waals surface area contributed by atoms with Crippen LogP contribution in [0.2, 0.25) is 0 Å². The summed E-state index contributed by atoms with van der Waals surface area (Å²) in [6, 6.07) is 0. The van der Waals surface area contributed by atoms with E-state index < -0.39 is 14.0 Å². The van der Waals surface area contributed by atoms with E-state index in [1.165, 1.54) is 16.7 Å². The van der Waals surface area contributed by atoms with Gasteiger partial charge in [0.1, 0.15) is 0 Å². The summed E-state index contributed by atoms with van der Waals surface area (Å²) in [5, 5.41) is 0. The monoisotopic (exact) mass is 440 g/mol. The fraction of sp³-hybridized carbons (Fsp3) is 0.846. The van der Waals surface area contributed by atoms with E-state index in [0.29, 0.717) is 0 Å². The molecule has 2 N–H and O–H groups in total. The van der Waals surface area contributed by atoms with Crippen LogP contribution >= 0.6 is 8.60 Å². The summed E-state index contributed by atoms with van der Waals surface area (Å²) in [4.78, 5) is 20.2. The van der Waals surface area contributed by atoms with Crippen molar-refractivity contribution in [1.82, 2.24) is 0 Å². The third-order valence-corrected chi connectivity index (χ3v) is 7.13. The van der Waals surface area contributed by atoms with Crippen molar-refractivity contribution in [2.75, 3.05) is 0 Å². The Hall–Kier alpha value is -0.210. The van der Waals surface area contributed by atoms with Crippen molar-refractivity contribution in [3.05, 3.63) is 22.8 Å². The maximum atomic E-state index is 10.1. The Morgan fingerprint density at radius 3 is 1.63 bits per heavy atom. The summed E-state index contributed by atoms with van der Waals surface area (Å²) >= 11 is 0. The average Bonchev–Trinajstić information content (AvgIpc) is 2.47. The van der Waals surface area contributed by atoms with Crippen LogP contribution in [0.5, 0.6) is 0 Å². The highest BCUT2D eigenvalue weighted by Gasteiger charge is 2.59. The summed E-state index contributed by atoms with van der Waals surface area (Å²) in [5.41, 5.74) is 3.18. The van der Waals surface area contributed by atoms with Gasteiger partial charge in [-0.1, -0.05) is 103 Å². The summed E-state index contributed by atoms with van der Waals surface area (Å²) in [5.74, 6) is 0. The third kappa shape index (κ3) is 5.40. The number of unbranched alkanes of at least 4 members (excludes halogenated alkanes) is 1. The molecule has 0 amide bonds. The van der Waals surface area contributed by atoms with Crippen LogP contribution in [0.4, 0.5) is 0 Å². The van der Waals surface area contributed by atoms with Gasteiger partial charge in [-0.05, 0) is 51.2 Å². The Morgan fingerprint density at radius 2 is 1.33 bits per heavy atom. The van der Waals surface area contributed by atoms with E-state index >= 15 is 0 Å². The molecule has 1 aliphatic rings. The van der Waals surface area contributed by atoms with E-state index in [2.05, 4.69) is 96.1 Å². The van der Waals surface area contributed by atoms with Crippen molar-refractivity contribution in [2.45, 2.75) is 115 Å². The first kappa shape index (κ1) is 27.8. The molecule has 1 aliphatic carbocycles. The third-order valence-electron chi connectivity index (χ3n) is 6.73. The predicted molar refractivity (Wildman–Crippen MR) is 131 cm³/mol. The summed E-state index contributed by atoms with van der Waals surface area (Å²) in [6.45, 7) is 29.5. The van der Waals surface area contributed by atoms with Gasteiger partial charge >= 0.3 is 8.60 Å². The van der Waals surface area contributed by atoms with Crippen molar-refractivity contribution in [3.63, 3.8) is 0 Å². The molecule has 0 aromatic heterocycles. The van der Waals surface area contributed by atoms with Gasteiger partial charge in [0.15, 0.2) is 0 Å². The zero-order chi connectivity index (χ0) is 23.9. The lowest BCUT2D eigenvalue weighted by Gasteiger charge is -2.60. The summed E-state index contributed by atoms with van der Waals surface area (Å²) in [6.07, 6.45) is 5.16. The highest BCUT2D eigenvalue weighted by Crippen LogP contribution is 2.64. The Kier molecular flexibility index (Phi) is 8.32. The lowest BCUT2D eigenvalue weighted by Crippen LogP contribution is -2.57. The van der Waals surface area contributed by atoms with Crippen LogP contribution in [-0.4, -0.2) is 15.9 Å². The minimum atomic E-state index is -2.48. The van der Waals surface area contributed by atoms with Crippen LogP contribution < -0.4 is 0 Å². The molecule has 1 rings (SSSR count). The largest absolute Gasteiger partial charge is 0.328 e. The van der Waals surface area contributed by atoms with Crippen molar-refractivity contribution in [1.29, 1.82) is 0 Å². The van der Waals surface area contributed by atoms with Gasteiger partial charge in [0.2, 0.25) is 0 Å². The first-order valence-electron chi connectivity index (χ1n) is 11.5. The van der Waals surface area contributed by atoms with Crippen LogP contribution in [0, 0.1) is 27.1 Å². The topological polar surface area (TPSA) is 49.7 Å². The Bertz CT molecular complexity index is 644. The Balaban J connectivity index is 4.19. The summed E-state index contributed by atoms with van der Waals surface area (Å²) < 4.78 is 6.13. The maximum absolute atomic E-state index is 10.1. The standard InChI is InChI=1S/C26H49O3P/c1-14-15-16-18-20(23(5,6)7)19(22(2,3)4)17-26(24(8,9)10,25(11,12)13)21(18)29-30(27)28/h17,21,27-28H,14-16H2,1-13H3. The van der Waals surface area contributed by atoms with Gasteiger partial charge < -0.3 is 14.3 Å². The smallest absolute Gasteiger partial charge is 0.327 e. The van der Waals surface area contributed by atoms with E-state index in [1.807, 2.05) is 0 Å². The normalized spacial score (nSPS) is 21.3. The SMILES string of the molecule is CCCCC1=C(C(C)(C)C)C(C(C)(C)C)=CC(C(C)(C)C)(C(C)(C)C)C1OP(O)O. The second-order valence-electron chi connectivity index (χ2n) is 13.2. The van der Waals surface area contributed by atoms with Gasteiger partial charge in [0.05, 0.1) is 6.10 Å². The highest BCUT2D eigenvalue weighted by molar-refractivity contribution is 7.39. The van der Waals surface area contributed by atoms with Gasteiger partial charge in [0.25, 0.3) is 0 Å². The number of hydrogen-bond acceptors (Lipinski definition) is 3. The van der Waals surface area contributed by atoms with Gasteiger partial charge in [-0.15, -0.1) is 0 Å². The van der Waals surface area contributed by atoms with Crippen LogP contribution in [0.15, 0.2) is 22.8 Å². The van der Waals surface area contributed by atoms with Crippen LogP contribution in [0.1, 0.15) is 109 Å². The van der Waals surface area contributed by atoms with Crippen molar-refractivity contribution >= 4 is 8.60 Å². The van der Waals surface area contributed by atoms with E-state index in [0.717, 1.165) is 19.3 Å². The molecule has 176 valence electrons. The highest BCUT2D eigenvalue weighted by atomic mass is 31.2. The number of allylic oxidation sites excluding steroid dienone is 2. The molecule has 0 aromatic rings. The van der Waals surface area contributed by atoms with Gasteiger partial charge in [0, 0.05) is 5.41 Å². The van der Waals surface area contributed by atoms with Crippen LogP contribution in [-0.2, 0) is 4.52 Å². The first-order chi connectivity index (χ1) is 13.2. The fourth-order valence-corrected chi connectivity index (χ4v) is 6.12. The predicted octanol–water partition coefficient (Wildman–Crippen LogP) is 8.18. The average molecular weight is 441 g/mol. The summed E-state index contributed by atoms with van der Waals surface area (Å²) in [7, 11) is -2.48. The molecule has 30 heavy (non-hydrogen) atoms. The van der Waals surface area contributed by atoms with Gasteiger partial charge in [-0.3, -0.25) is 0 Å². The van der Waals surface area contributed by atoms with Gasteiger partial charge in [-0.2, -0.15) is 0 Å². The minimum absolute atomic E-state index is 0.0318. The molecule has 3 nitrogen and oxygen atoms in total. The fourth-order valence-electron chi connectivity index (χ4n) is 5.64. The zero-order valence-corrected chi connectivity index (χ0v) is 22.9. The molecule has 0 spiro atoms. The molecule has 0 radical (unpaired) electrons. The first-order valence-corrected chi connectivity index (χ1v) is 12.7. The molecular weight excluding hydrogens is 391 g/mol. The van der Waals surface area contributed by atoms with E-state index in [-0.39, 0.29) is 27.8 Å². The van der Waals surface area contributed by atoms with Crippen LogP contribution in [0.25, 0.3) is 0 Å². The molecule has 0 fully saturated rings. The number of rotatable bonds is 5. The van der Waals surface area contributed by atoms with Gasteiger partial charge in [-0.25, -0.2) is 0 Å². The van der Waals surface area contributed by atoms with E-state index in [9.17, 15) is 9.79 Å². The van der Waals surface area contributed by atoms with Crippen molar-refractivity contribution < 1.29 is 14.3 Å². The molecule has 0 aromatic carbocycles. The number of hydrogen-bond donors (Lipinski definition) is 2. The van der Waals surface area contributed by atoms with Crippen molar-refractivity contribution in [2.24, 2.45) is 27.1 Å². The molecule has 1 unspecified atom stereocenters. The second kappa shape index (κ2) is 8.97. The van der Waals surface area contributed by atoms with E-state index in [4.69, 9.17) is 4.52 Å². The lowest BCUT2D eigenvalue weighted by atomic mass is 9.46. The molecule has 0 heterocycles. The lowest BCUT2D eigenvalue weighted by molar-refractivity contribution is -0.0717. The quantitative estimate of drug-likeness (QED) is 0.424. The molecule has 0 saturated heterocycles. The minimum Gasteiger partial charge on any atom is -0.328 e. The van der Waals surface area contributed by atoms with E-state index in [1.54, 1.807) is 0 Å². The molecule has 0 saturated carbocycles. The van der Waals surface area contributed by atoms with Crippen molar-refractivity contribution in [3.8, 4) is 0 Å². The molecule has 4 heteroatoms. The Labute approximate surface area is 188 Å². The molecule has 1 atom stereocenters. The zero-order valence-electron chi connectivity index (χ0n) is 22.0. The molecule has 0 aliphatic heterocycles. The molecule has 0 bridgehead atoms.